The number of ether oxygens (including phenoxy) is 1. The van der Waals surface area contributed by atoms with E-state index in [2.05, 4.69) is 25.7 Å². The Labute approximate surface area is 182 Å². The van der Waals surface area contributed by atoms with Crippen molar-refractivity contribution < 1.29 is 4.74 Å². The Morgan fingerprint density at radius 1 is 1.03 bits per heavy atom. The summed E-state index contributed by atoms with van der Waals surface area (Å²) in [6, 6.07) is 7.96. The summed E-state index contributed by atoms with van der Waals surface area (Å²) < 4.78 is 9.95. The standard InChI is InChI=1S/C23H33N5O3/c1-7-18(16-10-12-17(31-6)13-11-16)20-24-21-19(22(29)26(5)23(30)25(21)4)28(20)15-14-27(8-2)9-3/h10-13,18H,7-9,14-15H2,1-6H3. The maximum absolute atomic E-state index is 13.1. The Hall–Kier alpha value is -2.87. The van der Waals surface area contributed by atoms with Gasteiger partial charge in [0.25, 0.3) is 5.56 Å². The minimum Gasteiger partial charge on any atom is -0.497 e. The summed E-state index contributed by atoms with van der Waals surface area (Å²) >= 11 is 0. The summed E-state index contributed by atoms with van der Waals surface area (Å²) in [4.78, 5) is 32.8. The van der Waals surface area contributed by atoms with E-state index in [4.69, 9.17) is 9.72 Å². The number of hydrogen-bond donors (Lipinski definition) is 0. The smallest absolute Gasteiger partial charge is 0.332 e. The molecule has 1 aromatic carbocycles. The molecule has 0 N–H and O–H groups in total. The van der Waals surface area contributed by atoms with Crippen LogP contribution in [0.15, 0.2) is 33.9 Å². The highest BCUT2D eigenvalue weighted by Gasteiger charge is 2.25. The monoisotopic (exact) mass is 427 g/mol. The maximum Gasteiger partial charge on any atom is 0.332 e. The van der Waals surface area contributed by atoms with E-state index < -0.39 is 0 Å². The van der Waals surface area contributed by atoms with Crippen LogP contribution in [0.1, 0.15) is 44.5 Å². The lowest BCUT2D eigenvalue weighted by molar-refractivity contribution is 0.290. The Morgan fingerprint density at radius 2 is 1.68 bits per heavy atom. The highest BCUT2D eigenvalue weighted by Crippen LogP contribution is 2.30. The number of imidazole rings is 1. The lowest BCUT2D eigenvalue weighted by atomic mass is 9.95. The van der Waals surface area contributed by atoms with Gasteiger partial charge in [-0.3, -0.25) is 13.9 Å². The lowest BCUT2D eigenvalue weighted by Gasteiger charge is -2.21. The second kappa shape index (κ2) is 9.51. The van der Waals surface area contributed by atoms with Gasteiger partial charge in [0.15, 0.2) is 11.2 Å². The number of aromatic nitrogens is 4. The van der Waals surface area contributed by atoms with Crippen molar-refractivity contribution in [1.29, 1.82) is 0 Å². The molecular weight excluding hydrogens is 394 g/mol. The molecule has 0 saturated carbocycles. The highest BCUT2D eigenvalue weighted by atomic mass is 16.5. The third-order valence-electron chi connectivity index (χ3n) is 6.15. The van der Waals surface area contributed by atoms with Gasteiger partial charge in [-0.15, -0.1) is 0 Å². The average molecular weight is 428 g/mol. The van der Waals surface area contributed by atoms with Gasteiger partial charge in [-0.25, -0.2) is 9.78 Å². The Kier molecular flexibility index (Phi) is 7.00. The minimum atomic E-state index is -0.366. The molecule has 168 valence electrons. The number of aryl methyl sites for hydroxylation is 1. The van der Waals surface area contributed by atoms with Crippen LogP contribution in [0.4, 0.5) is 0 Å². The van der Waals surface area contributed by atoms with Crippen molar-refractivity contribution >= 4 is 11.2 Å². The number of fused-ring (bicyclic) bond motifs is 1. The third kappa shape index (κ3) is 4.17. The first kappa shape index (κ1) is 22.8. The second-order valence-electron chi connectivity index (χ2n) is 7.76. The van der Waals surface area contributed by atoms with E-state index in [0.29, 0.717) is 17.7 Å². The van der Waals surface area contributed by atoms with Crippen molar-refractivity contribution in [3.8, 4) is 5.75 Å². The van der Waals surface area contributed by atoms with Gasteiger partial charge in [0.05, 0.1) is 7.11 Å². The van der Waals surface area contributed by atoms with E-state index in [0.717, 1.165) is 47.8 Å². The fourth-order valence-electron chi connectivity index (χ4n) is 4.14. The summed E-state index contributed by atoms with van der Waals surface area (Å²) in [5.74, 6) is 1.60. The zero-order chi connectivity index (χ0) is 22.7. The van der Waals surface area contributed by atoms with Crippen molar-refractivity contribution in [3.05, 3.63) is 56.5 Å². The van der Waals surface area contributed by atoms with Gasteiger partial charge in [0.1, 0.15) is 11.6 Å². The molecule has 1 unspecified atom stereocenters. The maximum atomic E-state index is 13.1. The summed E-state index contributed by atoms with van der Waals surface area (Å²) in [6.07, 6.45) is 0.815. The third-order valence-corrected chi connectivity index (χ3v) is 6.15. The number of rotatable bonds is 9. The molecule has 8 heteroatoms. The predicted molar refractivity (Wildman–Crippen MR) is 123 cm³/mol. The van der Waals surface area contributed by atoms with Gasteiger partial charge in [0.2, 0.25) is 0 Å². The molecule has 3 rings (SSSR count). The summed E-state index contributed by atoms with van der Waals surface area (Å²) in [7, 11) is 4.84. The van der Waals surface area contributed by atoms with E-state index in [1.54, 1.807) is 14.2 Å². The van der Waals surface area contributed by atoms with Crippen molar-refractivity contribution in [2.24, 2.45) is 14.1 Å². The Morgan fingerprint density at radius 3 is 2.23 bits per heavy atom. The molecule has 0 bridgehead atoms. The molecule has 0 fully saturated rings. The van der Waals surface area contributed by atoms with Crippen molar-refractivity contribution in [3.63, 3.8) is 0 Å². The molecule has 0 saturated heterocycles. The molecule has 1 atom stereocenters. The average Bonchev–Trinajstić information content (AvgIpc) is 3.17. The van der Waals surface area contributed by atoms with Crippen LogP contribution in [0, 0.1) is 0 Å². The first-order valence-corrected chi connectivity index (χ1v) is 10.9. The van der Waals surface area contributed by atoms with Crippen LogP contribution in [0.3, 0.4) is 0 Å². The molecule has 8 nitrogen and oxygen atoms in total. The van der Waals surface area contributed by atoms with Gasteiger partial charge in [-0.1, -0.05) is 32.9 Å². The molecule has 0 spiro atoms. The van der Waals surface area contributed by atoms with Gasteiger partial charge in [-0.05, 0) is 37.2 Å². The highest BCUT2D eigenvalue weighted by molar-refractivity contribution is 5.71. The van der Waals surface area contributed by atoms with Gasteiger partial charge < -0.3 is 14.2 Å². The first-order chi connectivity index (χ1) is 14.9. The zero-order valence-electron chi connectivity index (χ0n) is 19.4. The Balaban J connectivity index is 2.23. The summed E-state index contributed by atoms with van der Waals surface area (Å²) in [5, 5.41) is 0. The van der Waals surface area contributed by atoms with Gasteiger partial charge >= 0.3 is 5.69 Å². The molecule has 2 aromatic heterocycles. The van der Waals surface area contributed by atoms with Crippen molar-refractivity contribution in [1.82, 2.24) is 23.6 Å². The van der Waals surface area contributed by atoms with Crippen LogP contribution in [0.25, 0.3) is 11.2 Å². The van der Waals surface area contributed by atoms with Gasteiger partial charge in [-0.2, -0.15) is 0 Å². The fourth-order valence-corrected chi connectivity index (χ4v) is 4.14. The topological polar surface area (TPSA) is 74.3 Å². The lowest BCUT2D eigenvalue weighted by Crippen LogP contribution is -2.38. The van der Waals surface area contributed by atoms with E-state index in [9.17, 15) is 9.59 Å². The molecule has 0 aliphatic heterocycles. The van der Waals surface area contributed by atoms with Crippen LogP contribution >= 0.6 is 0 Å². The second-order valence-corrected chi connectivity index (χ2v) is 7.76. The molecule has 0 aliphatic carbocycles. The van der Waals surface area contributed by atoms with Crippen LogP contribution in [0.2, 0.25) is 0 Å². The molecule has 0 aliphatic rings. The first-order valence-electron chi connectivity index (χ1n) is 10.9. The molecule has 2 heterocycles. The largest absolute Gasteiger partial charge is 0.497 e. The number of nitrogens with zero attached hydrogens (tertiary/aromatic N) is 5. The van der Waals surface area contributed by atoms with Crippen molar-refractivity contribution in [2.45, 2.75) is 39.7 Å². The van der Waals surface area contributed by atoms with Gasteiger partial charge in [0, 0.05) is 33.1 Å². The number of hydrogen-bond acceptors (Lipinski definition) is 5. The number of methoxy groups -OCH3 is 1. The molecule has 3 aromatic rings. The summed E-state index contributed by atoms with van der Waals surface area (Å²) in [6.45, 7) is 9.68. The van der Waals surface area contributed by atoms with Crippen LogP contribution < -0.4 is 16.0 Å². The summed E-state index contributed by atoms with van der Waals surface area (Å²) in [5.41, 5.74) is 1.36. The SMILES string of the molecule is CCC(c1ccc(OC)cc1)c1nc2c(c(=O)n(C)c(=O)n2C)n1CCN(CC)CC. The Bertz CT molecular complexity index is 1150. The van der Waals surface area contributed by atoms with Crippen LogP contribution in [-0.4, -0.2) is 50.3 Å². The number of likely N-dealkylation sites (N-methyl/N-ethyl adjacent to an activating group) is 1. The van der Waals surface area contributed by atoms with Crippen LogP contribution in [0.5, 0.6) is 5.75 Å². The quantitative estimate of drug-likeness (QED) is 0.524. The van der Waals surface area contributed by atoms with E-state index in [1.807, 2.05) is 28.8 Å². The molecule has 31 heavy (non-hydrogen) atoms. The molecule has 0 radical (unpaired) electrons. The normalized spacial score (nSPS) is 12.6. The zero-order valence-corrected chi connectivity index (χ0v) is 19.4. The van der Waals surface area contributed by atoms with E-state index in [1.165, 1.54) is 11.6 Å². The molecular formula is C23H33N5O3. The van der Waals surface area contributed by atoms with Crippen molar-refractivity contribution in [2.75, 3.05) is 26.7 Å². The minimum absolute atomic E-state index is 0.00480. The molecule has 0 amide bonds. The number of benzene rings is 1. The van der Waals surface area contributed by atoms with E-state index >= 15 is 0 Å². The van der Waals surface area contributed by atoms with Crippen LogP contribution in [-0.2, 0) is 20.6 Å². The predicted octanol–water partition coefficient (Wildman–Crippen LogP) is 2.33. The fraction of sp³-hybridized carbons (Fsp3) is 0.522. The van der Waals surface area contributed by atoms with E-state index in [-0.39, 0.29) is 17.2 Å².